The lowest BCUT2D eigenvalue weighted by molar-refractivity contribution is -0.115. The van der Waals surface area contributed by atoms with Gasteiger partial charge in [-0.05, 0) is 43.0 Å². The highest BCUT2D eigenvalue weighted by Crippen LogP contribution is 2.30. The summed E-state index contributed by atoms with van der Waals surface area (Å²) in [6.07, 6.45) is 0.729. The fourth-order valence-corrected chi connectivity index (χ4v) is 3.64. The Kier molecular flexibility index (Phi) is 7.96. The number of morpholine rings is 1. The molecule has 0 radical (unpaired) electrons. The van der Waals surface area contributed by atoms with E-state index in [1.165, 1.54) is 11.8 Å². The van der Waals surface area contributed by atoms with E-state index in [0.717, 1.165) is 29.5 Å². The van der Waals surface area contributed by atoms with Crippen molar-refractivity contribution in [3.8, 4) is 0 Å². The molecule has 9 nitrogen and oxygen atoms in total. The Bertz CT molecular complexity index is 957. The van der Waals surface area contributed by atoms with Gasteiger partial charge in [-0.1, -0.05) is 6.92 Å². The number of nitrogens with two attached hydrogens (primary N) is 1. The third kappa shape index (κ3) is 7.04. The summed E-state index contributed by atoms with van der Waals surface area (Å²) < 4.78 is 5.44. The zero-order valence-electron chi connectivity index (χ0n) is 17.7. The Morgan fingerprint density at radius 2 is 2.00 bits per heavy atom. The van der Waals surface area contributed by atoms with E-state index in [4.69, 9.17) is 20.9 Å². The number of hydrogen-bond acceptors (Lipinski definition) is 8. The van der Waals surface area contributed by atoms with Gasteiger partial charge in [0.2, 0.25) is 5.91 Å². The second-order valence-corrected chi connectivity index (χ2v) is 8.10. The maximum absolute atomic E-state index is 11.6. The third-order valence-corrected chi connectivity index (χ3v) is 5.26. The van der Waals surface area contributed by atoms with Crippen LogP contribution in [0.3, 0.4) is 0 Å². The summed E-state index contributed by atoms with van der Waals surface area (Å²) in [5, 5.41) is 11.0. The van der Waals surface area contributed by atoms with Crippen LogP contribution < -0.4 is 16.0 Å². The Hall–Kier alpha value is -2.98. The van der Waals surface area contributed by atoms with Crippen molar-refractivity contribution in [3.63, 3.8) is 0 Å². The van der Waals surface area contributed by atoms with Gasteiger partial charge < -0.3 is 26.1 Å². The Balaban J connectivity index is 1.84. The number of benzene rings is 1. The van der Waals surface area contributed by atoms with Gasteiger partial charge in [-0.3, -0.25) is 4.79 Å². The molecule has 0 atom stereocenters. The molecule has 0 unspecified atom stereocenters. The number of aromatic nitrogens is 2. The highest BCUT2D eigenvalue weighted by atomic mass is 32.2. The minimum absolute atomic E-state index is 0.0257. The smallest absolute Gasteiger partial charge is 0.224 e. The fraction of sp³-hybridized carbons (Fsp3) is 0.381. The summed E-state index contributed by atoms with van der Waals surface area (Å²) in [5.74, 6) is 1.55. The van der Waals surface area contributed by atoms with Crippen LogP contribution >= 0.6 is 11.8 Å². The van der Waals surface area contributed by atoms with Crippen LogP contribution in [-0.2, 0) is 9.53 Å². The van der Waals surface area contributed by atoms with E-state index in [9.17, 15) is 4.79 Å². The molecule has 1 aliphatic heterocycles. The average Bonchev–Trinajstić information content (AvgIpc) is 2.75. The van der Waals surface area contributed by atoms with Gasteiger partial charge in [-0.25, -0.2) is 15.0 Å². The normalized spacial score (nSPS) is 14.4. The van der Waals surface area contributed by atoms with Gasteiger partial charge in [-0.2, -0.15) is 0 Å². The first-order chi connectivity index (χ1) is 14.9. The van der Waals surface area contributed by atoms with E-state index in [-0.39, 0.29) is 5.91 Å². The van der Waals surface area contributed by atoms with E-state index < -0.39 is 0 Å². The number of nitrogens with zero attached hydrogens (tertiary/aromatic N) is 4. The van der Waals surface area contributed by atoms with Gasteiger partial charge in [0.15, 0.2) is 11.0 Å². The molecule has 1 amide bonds. The van der Waals surface area contributed by atoms with Crippen molar-refractivity contribution in [2.45, 2.75) is 36.7 Å². The topological polar surface area (TPSA) is 130 Å². The molecule has 0 bridgehead atoms. The second kappa shape index (κ2) is 10.9. The van der Waals surface area contributed by atoms with Crippen LogP contribution in [0.2, 0.25) is 0 Å². The number of carbonyl (C=O) groups excluding carboxylic acids is 1. The van der Waals surface area contributed by atoms with Gasteiger partial charge in [0.25, 0.3) is 0 Å². The monoisotopic (exact) mass is 441 g/mol. The maximum atomic E-state index is 11.6. The van der Waals surface area contributed by atoms with E-state index >= 15 is 0 Å². The number of nitrogens with one attached hydrogen (secondary N) is 2. The quantitative estimate of drug-likeness (QED) is 0.326. The van der Waals surface area contributed by atoms with Crippen molar-refractivity contribution in [1.29, 1.82) is 5.41 Å². The van der Waals surface area contributed by atoms with Gasteiger partial charge in [0.05, 0.1) is 13.2 Å². The second-order valence-electron chi connectivity index (χ2n) is 7.05. The van der Waals surface area contributed by atoms with Gasteiger partial charge in [0.1, 0.15) is 11.7 Å². The lowest BCUT2D eigenvalue weighted by atomic mass is 10.3. The Morgan fingerprint density at radius 1 is 1.29 bits per heavy atom. The summed E-state index contributed by atoms with van der Waals surface area (Å²) in [6, 6.07) is 9.34. The van der Waals surface area contributed by atoms with Crippen molar-refractivity contribution in [2.75, 3.05) is 36.5 Å². The lowest BCUT2D eigenvalue weighted by Gasteiger charge is -2.28. The van der Waals surface area contributed by atoms with Gasteiger partial charge in [0, 0.05) is 48.3 Å². The van der Waals surface area contributed by atoms with Crippen LogP contribution in [-0.4, -0.2) is 53.7 Å². The molecule has 31 heavy (non-hydrogen) atoms. The third-order valence-electron chi connectivity index (χ3n) is 4.39. The summed E-state index contributed by atoms with van der Waals surface area (Å²) in [4.78, 5) is 28.3. The molecule has 2 aromatic rings. The van der Waals surface area contributed by atoms with E-state index in [0.29, 0.717) is 48.6 Å². The standard InChI is InChI=1S/C21H27N7O2S/c1-3-20(29)24-15-4-6-16(7-5-15)31-21-26-18(25-17(23)12-14(2)22)13-19(27-21)28-8-10-30-11-9-28/h4-7,13,22H,3,8-12H2,1-2H3,(H,24,29)(H2,23,25,26,27). The number of hydrogen-bond donors (Lipinski definition) is 3. The maximum Gasteiger partial charge on any atom is 0.224 e. The summed E-state index contributed by atoms with van der Waals surface area (Å²) in [7, 11) is 0. The minimum atomic E-state index is -0.0257. The molecule has 0 saturated carbocycles. The number of carbonyl (C=O) groups is 1. The van der Waals surface area contributed by atoms with Crippen molar-refractivity contribution in [1.82, 2.24) is 9.97 Å². The molecule has 2 heterocycles. The molecule has 10 heteroatoms. The zero-order valence-corrected chi connectivity index (χ0v) is 18.5. The number of aliphatic imine (C=N–C) groups is 1. The Labute approximate surface area is 186 Å². The number of anilines is 2. The van der Waals surface area contributed by atoms with Crippen LogP contribution in [0.4, 0.5) is 17.3 Å². The molecular weight excluding hydrogens is 414 g/mol. The molecule has 1 aromatic carbocycles. The SMILES string of the molecule is CCC(=O)Nc1ccc(Sc2nc(N=C(N)CC(C)=N)cc(N3CCOCC3)n2)cc1. The molecule has 3 rings (SSSR count). The number of amides is 1. The first-order valence-corrected chi connectivity index (χ1v) is 10.9. The van der Waals surface area contributed by atoms with Gasteiger partial charge in [-0.15, -0.1) is 0 Å². The molecule has 1 fully saturated rings. The van der Waals surface area contributed by atoms with Crippen molar-refractivity contribution in [2.24, 2.45) is 10.7 Å². The molecule has 1 aromatic heterocycles. The molecule has 1 aliphatic rings. The van der Waals surface area contributed by atoms with Crippen molar-refractivity contribution in [3.05, 3.63) is 30.3 Å². The summed E-state index contributed by atoms with van der Waals surface area (Å²) in [5.41, 5.74) is 7.17. The first-order valence-electron chi connectivity index (χ1n) is 10.1. The first kappa shape index (κ1) is 22.7. The zero-order chi connectivity index (χ0) is 22.2. The fourth-order valence-electron chi connectivity index (χ4n) is 2.88. The van der Waals surface area contributed by atoms with E-state index in [1.807, 2.05) is 37.3 Å². The molecular formula is C21H27N7O2S. The number of amidine groups is 1. The van der Waals surface area contributed by atoms with Crippen LogP contribution in [0, 0.1) is 5.41 Å². The summed E-state index contributed by atoms with van der Waals surface area (Å²) >= 11 is 1.41. The van der Waals surface area contributed by atoms with Crippen LogP contribution in [0.5, 0.6) is 0 Å². The molecule has 0 aliphatic carbocycles. The molecule has 0 spiro atoms. The summed E-state index contributed by atoms with van der Waals surface area (Å²) in [6.45, 7) is 6.27. The average molecular weight is 442 g/mol. The van der Waals surface area contributed by atoms with Crippen molar-refractivity contribution >= 4 is 46.5 Å². The molecule has 1 saturated heterocycles. The van der Waals surface area contributed by atoms with E-state index in [2.05, 4.69) is 20.2 Å². The van der Waals surface area contributed by atoms with Crippen LogP contribution in [0.15, 0.2) is 45.4 Å². The highest BCUT2D eigenvalue weighted by molar-refractivity contribution is 7.99. The predicted octanol–water partition coefficient (Wildman–Crippen LogP) is 3.23. The number of rotatable bonds is 8. The van der Waals surface area contributed by atoms with Crippen molar-refractivity contribution < 1.29 is 9.53 Å². The molecule has 4 N–H and O–H groups in total. The van der Waals surface area contributed by atoms with Gasteiger partial charge >= 0.3 is 0 Å². The van der Waals surface area contributed by atoms with Crippen LogP contribution in [0.1, 0.15) is 26.7 Å². The highest BCUT2D eigenvalue weighted by Gasteiger charge is 2.16. The Morgan fingerprint density at radius 3 is 2.65 bits per heavy atom. The predicted molar refractivity (Wildman–Crippen MR) is 124 cm³/mol. The molecule has 164 valence electrons. The lowest BCUT2D eigenvalue weighted by Crippen LogP contribution is -2.36. The minimum Gasteiger partial charge on any atom is -0.387 e. The van der Waals surface area contributed by atoms with E-state index in [1.54, 1.807) is 6.92 Å². The largest absolute Gasteiger partial charge is 0.387 e. The number of ether oxygens (including phenoxy) is 1. The van der Waals surface area contributed by atoms with Crippen LogP contribution in [0.25, 0.3) is 0 Å².